The van der Waals surface area contributed by atoms with E-state index in [2.05, 4.69) is 5.32 Å². The number of nitrogens with zero attached hydrogens (tertiary/aromatic N) is 1. The van der Waals surface area contributed by atoms with Gasteiger partial charge in [0.05, 0.1) is 0 Å². The van der Waals surface area contributed by atoms with E-state index in [1.807, 2.05) is 14.1 Å². The maximum absolute atomic E-state index is 12.4. The summed E-state index contributed by atoms with van der Waals surface area (Å²) < 4.78 is 0. The fourth-order valence-electron chi connectivity index (χ4n) is 2.76. The highest BCUT2D eigenvalue weighted by atomic mass is 16.2. The van der Waals surface area contributed by atoms with Crippen LogP contribution in [-0.4, -0.2) is 36.2 Å². The minimum Gasteiger partial charge on any atom is -0.383 e. The predicted molar refractivity (Wildman–Crippen MR) is 65.4 cm³/mol. The zero-order valence-corrected chi connectivity index (χ0v) is 10.6. The number of ketones is 1. The summed E-state index contributed by atoms with van der Waals surface area (Å²) >= 11 is 0. The molecule has 1 heterocycles. The van der Waals surface area contributed by atoms with Gasteiger partial charge in [-0.3, -0.25) is 9.59 Å². The predicted octanol–water partition coefficient (Wildman–Crippen LogP) is 1.22. The first-order valence-corrected chi connectivity index (χ1v) is 6.31. The second-order valence-corrected chi connectivity index (χ2v) is 5.29. The average molecular weight is 236 g/mol. The van der Waals surface area contributed by atoms with Crippen LogP contribution >= 0.6 is 0 Å². The van der Waals surface area contributed by atoms with Gasteiger partial charge in [-0.05, 0) is 12.8 Å². The smallest absolute Gasteiger partial charge is 0.257 e. The second kappa shape index (κ2) is 4.51. The van der Waals surface area contributed by atoms with E-state index >= 15 is 0 Å². The maximum Gasteiger partial charge on any atom is 0.257 e. The van der Waals surface area contributed by atoms with Crippen molar-refractivity contribution in [1.29, 1.82) is 0 Å². The van der Waals surface area contributed by atoms with Crippen molar-refractivity contribution in [2.24, 2.45) is 0 Å². The topological polar surface area (TPSA) is 49.4 Å². The fourth-order valence-corrected chi connectivity index (χ4v) is 2.76. The lowest BCUT2D eigenvalue weighted by atomic mass is 9.86. The molecule has 94 valence electrons. The lowest BCUT2D eigenvalue weighted by Gasteiger charge is -2.24. The summed E-state index contributed by atoms with van der Waals surface area (Å²) in [5.74, 6) is -0.205. The standard InChI is InChI=1S/C13H20N2O2/c1-15(2)9-10-11(16)13(14-12(10)17)7-5-3-4-6-8-13/h9H,3-8H2,1-2H3,(H,14,17)/b10-9+. The zero-order chi connectivity index (χ0) is 12.5. The normalized spacial score (nSPS) is 26.1. The van der Waals surface area contributed by atoms with Crippen LogP contribution in [0.15, 0.2) is 11.8 Å². The van der Waals surface area contributed by atoms with E-state index < -0.39 is 5.54 Å². The minimum atomic E-state index is -0.588. The third-order valence-electron chi connectivity index (χ3n) is 3.62. The molecule has 1 saturated carbocycles. The molecule has 4 nitrogen and oxygen atoms in total. The summed E-state index contributed by atoms with van der Waals surface area (Å²) in [7, 11) is 3.65. The Bertz CT molecular complexity index is 364. The molecule has 0 radical (unpaired) electrons. The lowest BCUT2D eigenvalue weighted by molar-refractivity contribution is -0.120. The van der Waals surface area contributed by atoms with E-state index in [1.54, 1.807) is 11.1 Å². The second-order valence-electron chi connectivity index (χ2n) is 5.29. The van der Waals surface area contributed by atoms with Crippen molar-refractivity contribution in [3.05, 3.63) is 11.8 Å². The van der Waals surface area contributed by atoms with E-state index in [-0.39, 0.29) is 11.7 Å². The molecule has 17 heavy (non-hydrogen) atoms. The van der Waals surface area contributed by atoms with Crippen molar-refractivity contribution in [3.8, 4) is 0 Å². The van der Waals surface area contributed by atoms with Gasteiger partial charge in [-0.25, -0.2) is 0 Å². The van der Waals surface area contributed by atoms with Gasteiger partial charge in [-0.1, -0.05) is 25.7 Å². The van der Waals surface area contributed by atoms with E-state index in [4.69, 9.17) is 0 Å². The maximum atomic E-state index is 12.4. The molecule has 0 atom stereocenters. The van der Waals surface area contributed by atoms with Crippen molar-refractivity contribution in [3.63, 3.8) is 0 Å². The third kappa shape index (κ3) is 2.21. The van der Waals surface area contributed by atoms with Gasteiger partial charge in [-0.15, -0.1) is 0 Å². The summed E-state index contributed by atoms with van der Waals surface area (Å²) in [4.78, 5) is 26.0. The van der Waals surface area contributed by atoms with Gasteiger partial charge in [0.1, 0.15) is 11.1 Å². The van der Waals surface area contributed by atoms with Crippen LogP contribution < -0.4 is 5.32 Å². The van der Waals surface area contributed by atoms with Gasteiger partial charge in [0.2, 0.25) is 0 Å². The van der Waals surface area contributed by atoms with Crippen molar-refractivity contribution < 1.29 is 9.59 Å². The monoisotopic (exact) mass is 236 g/mol. The molecule has 0 aromatic rings. The number of hydrogen-bond donors (Lipinski definition) is 1. The Labute approximate surface area is 102 Å². The highest BCUT2D eigenvalue weighted by Crippen LogP contribution is 2.34. The van der Waals surface area contributed by atoms with E-state index in [9.17, 15) is 9.59 Å². The Hall–Kier alpha value is -1.32. The first-order valence-electron chi connectivity index (χ1n) is 6.31. The number of rotatable bonds is 1. The molecule has 2 aliphatic rings. The Morgan fingerprint density at radius 3 is 2.24 bits per heavy atom. The number of nitrogens with one attached hydrogen (secondary N) is 1. The summed E-state index contributed by atoms with van der Waals surface area (Å²) in [5, 5.41) is 2.93. The molecular formula is C13H20N2O2. The van der Waals surface area contributed by atoms with Gasteiger partial charge < -0.3 is 10.2 Å². The van der Waals surface area contributed by atoms with Crippen LogP contribution in [-0.2, 0) is 9.59 Å². The summed E-state index contributed by atoms with van der Waals surface area (Å²) in [6.07, 6.45) is 7.61. The zero-order valence-electron chi connectivity index (χ0n) is 10.6. The molecule has 1 N–H and O–H groups in total. The van der Waals surface area contributed by atoms with Crippen LogP contribution in [0.2, 0.25) is 0 Å². The summed E-state index contributed by atoms with van der Waals surface area (Å²) in [5.41, 5.74) is -0.271. The van der Waals surface area contributed by atoms with Crippen molar-refractivity contribution in [1.82, 2.24) is 10.2 Å². The fraction of sp³-hybridized carbons (Fsp3) is 0.692. The molecule has 1 amide bonds. The van der Waals surface area contributed by atoms with Gasteiger partial charge in [0, 0.05) is 20.3 Å². The van der Waals surface area contributed by atoms with Crippen molar-refractivity contribution in [2.75, 3.05) is 14.1 Å². The van der Waals surface area contributed by atoms with Crippen LogP contribution in [0, 0.1) is 0 Å². The number of carbonyl (C=O) groups is 2. The average Bonchev–Trinajstić information content (AvgIpc) is 2.48. The molecule has 0 unspecified atom stereocenters. The number of Topliss-reactive ketones (excluding diaryl/α,β-unsaturated/α-hetero) is 1. The molecule has 2 fully saturated rings. The van der Waals surface area contributed by atoms with Gasteiger partial charge in [0.15, 0.2) is 5.78 Å². The van der Waals surface area contributed by atoms with Crippen molar-refractivity contribution in [2.45, 2.75) is 44.1 Å². The van der Waals surface area contributed by atoms with E-state index in [1.165, 1.54) is 0 Å². The molecule has 0 bridgehead atoms. The largest absolute Gasteiger partial charge is 0.383 e. The molecule has 0 aromatic heterocycles. The van der Waals surface area contributed by atoms with Crippen LogP contribution in [0.5, 0.6) is 0 Å². The lowest BCUT2D eigenvalue weighted by Crippen LogP contribution is -2.45. The number of carbonyl (C=O) groups excluding carboxylic acids is 2. The molecule has 4 heteroatoms. The summed E-state index contributed by atoms with van der Waals surface area (Å²) in [6, 6.07) is 0. The quantitative estimate of drug-likeness (QED) is 0.550. The molecule has 1 saturated heterocycles. The third-order valence-corrected chi connectivity index (χ3v) is 3.62. The molecular weight excluding hydrogens is 216 g/mol. The molecule has 1 aliphatic heterocycles. The Balaban J connectivity index is 2.27. The highest BCUT2D eigenvalue weighted by Gasteiger charge is 2.48. The Kier molecular flexibility index (Phi) is 3.22. The van der Waals surface area contributed by atoms with Gasteiger partial charge in [-0.2, -0.15) is 0 Å². The van der Waals surface area contributed by atoms with Crippen LogP contribution in [0.4, 0.5) is 0 Å². The van der Waals surface area contributed by atoms with Crippen LogP contribution in [0.3, 0.4) is 0 Å². The summed E-state index contributed by atoms with van der Waals surface area (Å²) in [6.45, 7) is 0. The highest BCUT2D eigenvalue weighted by molar-refractivity contribution is 6.28. The molecule has 1 spiro atoms. The van der Waals surface area contributed by atoms with Crippen LogP contribution in [0.25, 0.3) is 0 Å². The van der Waals surface area contributed by atoms with E-state index in [0.29, 0.717) is 5.57 Å². The Morgan fingerprint density at radius 2 is 1.71 bits per heavy atom. The van der Waals surface area contributed by atoms with Crippen LogP contribution in [0.1, 0.15) is 38.5 Å². The first-order chi connectivity index (χ1) is 8.05. The number of amides is 1. The van der Waals surface area contributed by atoms with Gasteiger partial charge in [0.25, 0.3) is 5.91 Å². The minimum absolute atomic E-state index is 0.00176. The van der Waals surface area contributed by atoms with E-state index in [0.717, 1.165) is 38.5 Å². The molecule has 2 rings (SSSR count). The SMILES string of the molecule is CN(C)/C=C1/C(=O)NC2(CCCCCC2)C1=O. The van der Waals surface area contributed by atoms with Gasteiger partial charge >= 0.3 is 0 Å². The Morgan fingerprint density at radius 1 is 1.12 bits per heavy atom. The van der Waals surface area contributed by atoms with Crippen molar-refractivity contribution >= 4 is 11.7 Å². The first kappa shape index (κ1) is 12.1. The molecule has 1 aliphatic carbocycles. The molecule has 0 aromatic carbocycles. The number of hydrogen-bond acceptors (Lipinski definition) is 3.